The maximum atomic E-state index is 12.1. The Morgan fingerprint density at radius 2 is 1.68 bits per heavy atom. The fraction of sp³-hybridized carbons (Fsp3) is 0.133. The van der Waals surface area contributed by atoms with Crippen LogP contribution in [-0.2, 0) is 4.79 Å². The van der Waals surface area contributed by atoms with E-state index in [9.17, 15) is 4.79 Å². The first-order valence-corrected chi connectivity index (χ1v) is 7.01. The molecule has 96 valence electrons. The van der Waals surface area contributed by atoms with E-state index in [-0.39, 0.29) is 11.2 Å². The van der Waals surface area contributed by atoms with Gasteiger partial charge in [-0.1, -0.05) is 42.5 Å². The fourth-order valence-electron chi connectivity index (χ4n) is 2.15. The van der Waals surface area contributed by atoms with E-state index in [0.717, 1.165) is 16.1 Å². The Morgan fingerprint density at radius 3 is 2.47 bits per heavy atom. The zero-order valence-corrected chi connectivity index (χ0v) is 11.1. The van der Waals surface area contributed by atoms with Crippen molar-refractivity contribution >= 4 is 23.4 Å². The first kappa shape index (κ1) is 12.3. The van der Waals surface area contributed by atoms with E-state index < -0.39 is 6.04 Å². The van der Waals surface area contributed by atoms with Crippen LogP contribution in [0.1, 0.15) is 10.8 Å². The summed E-state index contributed by atoms with van der Waals surface area (Å²) in [7, 11) is 0. The van der Waals surface area contributed by atoms with Crippen LogP contribution in [0.3, 0.4) is 0 Å². The maximum absolute atomic E-state index is 12.1. The molecule has 4 heteroatoms. The van der Waals surface area contributed by atoms with E-state index in [2.05, 4.69) is 5.32 Å². The van der Waals surface area contributed by atoms with Gasteiger partial charge in [0.25, 0.3) is 0 Å². The standard InChI is InChI=1S/C15H14N2OS/c16-13-14(10-6-2-1-3-7-10)19-12-9-5-4-8-11(12)17-15(13)18/h1-9,13-14H,16H2,(H,17,18)/t13-,14+/m0/s1. The SMILES string of the molecule is N[C@@H]1C(=O)Nc2ccccc2S[C@@H]1c1ccccc1. The van der Waals surface area contributed by atoms with Crippen molar-refractivity contribution in [2.75, 3.05) is 5.32 Å². The maximum Gasteiger partial charge on any atom is 0.242 e. The van der Waals surface area contributed by atoms with Crippen LogP contribution in [0.4, 0.5) is 5.69 Å². The second-order valence-corrected chi connectivity index (χ2v) is 5.64. The van der Waals surface area contributed by atoms with Crippen LogP contribution in [0.5, 0.6) is 0 Å². The zero-order chi connectivity index (χ0) is 13.2. The van der Waals surface area contributed by atoms with Gasteiger partial charge in [-0.3, -0.25) is 4.79 Å². The number of carbonyl (C=O) groups is 1. The van der Waals surface area contributed by atoms with Crippen LogP contribution in [-0.4, -0.2) is 11.9 Å². The van der Waals surface area contributed by atoms with Crippen LogP contribution < -0.4 is 11.1 Å². The van der Waals surface area contributed by atoms with E-state index in [0.29, 0.717) is 0 Å². The summed E-state index contributed by atoms with van der Waals surface area (Å²) in [5, 5.41) is 2.82. The fourth-order valence-corrected chi connectivity index (χ4v) is 3.39. The summed E-state index contributed by atoms with van der Waals surface area (Å²) in [6.45, 7) is 0. The Morgan fingerprint density at radius 1 is 1.00 bits per heavy atom. The minimum Gasteiger partial charge on any atom is -0.324 e. The van der Waals surface area contributed by atoms with Crippen molar-refractivity contribution in [3.63, 3.8) is 0 Å². The summed E-state index contributed by atoms with van der Waals surface area (Å²) in [5.74, 6) is -0.133. The number of benzene rings is 2. The van der Waals surface area contributed by atoms with E-state index in [1.807, 2.05) is 54.6 Å². The van der Waals surface area contributed by atoms with Gasteiger partial charge in [0.1, 0.15) is 6.04 Å². The third-order valence-electron chi connectivity index (χ3n) is 3.16. The summed E-state index contributed by atoms with van der Waals surface area (Å²) >= 11 is 1.63. The van der Waals surface area contributed by atoms with Crippen molar-refractivity contribution in [3.8, 4) is 0 Å². The molecule has 0 unspecified atom stereocenters. The van der Waals surface area contributed by atoms with Crippen LogP contribution in [0.25, 0.3) is 0 Å². The average Bonchev–Trinajstić information content (AvgIpc) is 2.58. The predicted molar refractivity (Wildman–Crippen MR) is 78.1 cm³/mol. The lowest BCUT2D eigenvalue weighted by molar-refractivity contribution is -0.117. The molecule has 0 spiro atoms. The van der Waals surface area contributed by atoms with Crippen molar-refractivity contribution in [2.24, 2.45) is 5.73 Å². The molecule has 1 aliphatic heterocycles. The highest BCUT2D eigenvalue weighted by atomic mass is 32.2. The Balaban J connectivity index is 2.03. The van der Waals surface area contributed by atoms with Crippen molar-refractivity contribution in [1.29, 1.82) is 0 Å². The number of amides is 1. The van der Waals surface area contributed by atoms with Crippen molar-refractivity contribution < 1.29 is 4.79 Å². The highest BCUT2D eigenvalue weighted by Gasteiger charge is 2.31. The molecule has 0 bridgehead atoms. The van der Waals surface area contributed by atoms with Gasteiger partial charge in [-0.25, -0.2) is 0 Å². The number of hydrogen-bond donors (Lipinski definition) is 2. The molecule has 2 atom stereocenters. The molecule has 3 N–H and O–H groups in total. The summed E-state index contributed by atoms with van der Waals surface area (Å²) in [4.78, 5) is 13.2. The molecule has 0 aromatic heterocycles. The number of nitrogens with two attached hydrogens (primary N) is 1. The number of para-hydroxylation sites is 1. The number of rotatable bonds is 1. The van der Waals surface area contributed by atoms with Crippen LogP contribution in [0, 0.1) is 0 Å². The number of thioether (sulfide) groups is 1. The molecule has 3 rings (SSSR count). The Labute approximate surface area is 116 Å². The van der Waals surface area contributed by atoms with Gasteiger partial charge in [-0.05, 0) is 17.7 Å². The minimum absolute atomic E-state index is 0.0650. The molecule has 2 aromatic carbocycles. The molecule has 1 amide bonds. The molecule has 3 nitrogen and oxygen atoms in total. The minimum atomic E-state index is -0.556. The first-order valence-electron chi connectivity index (χ1n) is 6.13. The van der Waals surface area contributed by atoms with Gasteiger partial charge >= 0.3 is 0 Å². The summed E-state index contributed by atoms with van der Waals surface area (Å²) in [5.41, 5.74) is 8.02. The molecule has 0 radical (unpaired) electrons. The van der Waals surface area contributed by atoms with Crippen LogP contribution >= 0.6 is 11.8 Å². The lowest BCUT2D eigenvalue weighted by Gasteiger charge is -2.19. The normalized spacial score (nSPS) is 22.3. The monoisotopic (exact) mass is 270 g/mol. The zero-order valence-electron chi connectivity index (χ0n) is 10.2. The molecule has 0 fully saturated rings. The van der Waals surface area contributed by atoms with Gasteiger partial charge in [0.05, 0.1) is 10.9 Å². The first-order chi connectivity index (χ1) is 9.25. The molecule has 0 saturated carbocycles. The van der Waals surface area contributed by atoms with Crippen molar-refractivity contribution in [3.05, 3.63) is 60.2 Å². The van der Waals surface area contributed by atoms with Crippen molar-refractivity contribution in [1.82, 2.24) is 0 Å². The quantitative estimate of drug-likeness (QED) is 0.837. The van der Waals surface area contributed by atoms with E-state index in [4.69, 9.17) is 5.73 Å². The van der Waals surface area contributed by atoms with Gasteiger partial charge < -0.3 is 11.1 Å². The second-order valence-electron chi connectivity index (χ2n) is 4.46. The largest absolute Gasteiger partial charge is 0.324 e. The number of nitrogens with one attached hydrogen (secondary N) is 1. The summed E-state index contributed by atoms with van der Waals surface area (Å²) in [6, 6.07) is 17.2. The number of fused-ring (bicyclic) bond motifs is 1. The molecule has 19 heavy (non-hydrogen) atoms. The summed E-state index contributed by atoms with van der Waals surface area (Å²) < 4.78 is 0. The number of carbonyl (C=O) groups excluding carboxylic acids is 1. The Kier molecular flexibility index (Phi) is 3.27. The van der Waals surface area contributed by atoms with E-state index in [1.54, 1.807) is 11.8 Å². The van der Waals surface area contributed by atoms with Gasteiger partial charge in [0, 0.05) is 4.90 Å². The molecular formula is C15H14N2OS. The second kappa shape index (κ2) is 5.07. The Bertz CT molecular complexity index is 600. The third-order valence-corrected chi connectivity index (χ3v) is 4.59. The third kappa shape index (κ3) is 2.37. The molecule has 0 saturated heterocycles. The lowest BCUT2D eigenvalue weighted by Crippen LogP contribution is -2.38. The highest BCUT2D eigenvalue weighted by Crippen LogP contribution is 2.42. The van der Waals surface area contributed by atoms with E-state index >= 15 is 0 Å². The number of hydrogen-bond acceptors (Lipinski definition) is 3. The van der Waals surface area contributed by atoms with Gasteiger partial charge in [-0.2, -0.15) is 0 Å². The van der Waals surface area contributed by atoms with Gasteiger partial charge in [-0.15, -0.1) is 11.8 Å². The smallest absolute Gasteiger partial charge is 0.242 e. The van der Waals surface area contributed by atoms with E-state index in [1.165, 1.54) is 0 Å². The molecular weight excluding hydrogens is 256 g/mol. The number of anilines is 1. The van der Waals surface area contributed by atoms with Crippen LogP contribution in [0.2, 0.25) is 0 Å². The lowest BCUT2D eigenvalue weighted by atomic mass is 10.1. The van der Waals surface area contributed by atoms with Crippen molar-refractivity contribution in [2.45, 2.75) is 16.2 Å². The molecule has 2 aromatic rings. The van der Waals surface area contributed by atoms with Gasteiger partial charge in [0.15, 0.2) is 0 Å². The predicted octanol–water partition coefficient (Wildman–Crippen LogP) is 2.80. The molecule has 0 aliphatic carbocycles. The summed E-state index contributed by atoms with van der Waals surface area (Å²) in [6.07, 6.45) is 0. The molecule has 1 aliphatic rings. The van der Waals surface area contributed by atoms with Gasteiger partial charge in [0.2, 0.25) is 5.91 Å². The highest BCUT2D eigenvalue weighted by molar-refractivity contribution is 7.99. The van der Waals surface area contributed by atoms with Crippen LogP contribution in [0.15, 0.2) is 59.5 Å². The Hall–Kier alpha value is -1.78. The topological polar surface area (TPSA) is 55.1 Å². The molecule has 1 heterocycles. The average molecular weight is 270 g/mol.